The molecule has 0 aromatic heterocycles. The van der Waals surface area contributed by atoms with Crippen LogP contribution >= 0.6 is 0 Å². The van der Waals surface area contributed by atoms with Crippen LogP contribution in [0.5, 0.6) is 5.75 Å². The van der Waals surface area contributed by atoms with Gasteiger partial charge < -0.3 is 20.0 Å². The van der Waals surface area contributed by atoms with Gasteiger partial charge in [-0.05, 0) is 41.5 Å². The lowest BCUT2D eigenvalue weighted by Gasteiger charge is -2.09. The molecule has 132 valence electrons. The lowest BCUT2D eigenvalue weighted by molar-refractivity contribution is -0.255. The molecule has 2 rings (SSSR count). The van der Waals surface area contributed by atoms with Crippen molar-refractivity contribution in [3.8, 4) is 5.75 Å². The second kappa shape index (κ2) is 7.80. The normalized spacial score (nSPS) is 10.9. The number of carboxylic acid groups (broad SMARTS) is 1. The molecule has 2 aromatic carbocycles. The lowest BCUT2D eigenvalue weighted by atomic mass is 10.1. The maximum atomic E-state index is 12.1. The van der Waals surface area contributed by atoms with Crippen LogP contribution in [-0.4, -0.2) is 33.2 Å². The minimum Gasteiger partial charge on any atom is -0.545 e. The van der Waals surface area contributed by atoms with Crippen LogP contribution in [0.2, 0.25) is 0 Å². The fourth-order valence-corrected chi connectivity index (χ4v) is 3.43. The third-order valence-corrected chi connectivity index (χ3v) is 4.75. The number of anilines is 1. The number of hydrogen-bond acceptors (Lipinski definition) is 6. The number of rotatable bonds is 7. The van der Waals surface area contributed by atoms with Crippen LogP contribution < -0.4 is 15.2 Å². The van der Waals surface area contributed by atoms with Crippen LogP contribution in [0.4, 0.5) is 5.69 Å². The minimum absolute atomic E-state index is 0.115. The van der Waals surface area contributed by atoms with Crippen molar-refractivity contribution in [1.82, 2.24) is 0 Å². The van der Waals surface area contributed by atoms with E-state index in [1.54, 1.807) is 24.3 Å². The molecule has 0 saturated heterocycles. The summed E-state index contributed by atoms with van der Waals surface area (Å²) in [6.07, 6.45) is 0. The standard InChI is InChI=1S/C17H17NO6S/c1-24-15-7-5-14(6-8-15)18-16(19)11-25(22,23)10-12-3-2-4-13(9-12)17(20)21/h2-9H,10-11H2,1H3,(H,18,19)(H,20,21)/p-1. The van der Waals surface area contributed by atoms with Crippen molar-refractivity contribution in [3.63, 3.8) is 0 Å². The number of hydrogen-bond donors (Lipinski definition) is 1. The molecule has 0 aliphatic heterocycles. The third kappa shape index (κ3) is 5.61. The van der Waals surface area contributed by atoms with E-state index in [0.717, 1.165) is 0 Å². The average Bonchev–Trinajstić information content (AvgIpc) is 2.54. The first kappa shape index (κ1) is 18.5. The van der Waals surface area contributed by atoms with Gasteiger partial charge in [0.15, 0.2) is 9.84 Å². The molecular weight excluding hydrogens is 346 g/mol. The molecule has 0 saturated carbocycles. The number of nitrogens with one attached hydrogen (secondary N) is 1. The van der Waals surface area contributed by atoms with Crippen LogP contribution in [0, 0.1) is 0 Å². The van der Waals surface area contributed by atoms with E-state index >= 15 is 0 Å². The summed E-state index contributed by atoms with van der Waals surface area (Å²) in [4.78, 5) is 22.7. The van der Waals surface area contributed by atoms with Gasteiger partial charge in [0.05, 0.1) is 18.8 Å². The molecule has 0 heterocycles. The topological polar surface area (TPSA) is 113 Å². The molecule has 0 bridgehead atoms. The average molecular weight is 362 g/mol. The van der Waals surface area contributed by atoms with Crippen LogP contribution in [0.15, 0.2) is 48.5 Å². The van der Waals surface area contributed by atoms with E-state index in [2.05, 4.69) is 5.32 Å². The molecule has 25 heavy (non-hydrogen) atoms. The highest BCUT2D eigenvalue weighted by atomic mass is 32.2. The Balaban J connectivity index is 2.01. The Labute approximate surface area is 145 Å². The number of benzene rings is 2. The number of ether oxygens (including phenoxy) is 1. The summed E-state index contributed by atoms with van der Waals surface area (Å²) in [5, 5.41) is 13.3. The van der Waals surface area contributed by atoms with Crippen molar-refractivity contribution in [3.05, 3.63) is 59.7 Å². The van der Waals surface area contributed by atoms with Crippen molar-refractivity contribution < 1.29 is 27.9 Å². The number of carbonyl (C=O) groups is 2. The van der Waals surface area contributed by atoms with Crippen LogP contribution in [0.3, 0.4) is 0 Å². The van der Waals surface area contributed by atoms with Crippen LogP contribution in [0.25, 0.3) is 0 Å². The molecule has 1 amide bonds. The second-order valence-corrected chi connectivity index (χ2v) is 7.36. The third-order valence-electron chi connectivity index (χ3n) is 3.27. The molecule has 0 aliphatic rings. The van der Waals surface area contributed by atoms with Gasteiger partial charge in [-0.3, -0.25) is 4.79 Å². The van der Waals surface area contributed by atoms with Gasteiger partial charge in [0.25, 0.3) is 0 Å². The molecule has 2 aromatic rings. The van der Waals surface area contributed by atoms with E-state index in [-0.39, 0.29) is 11.1 Å². The van der Waals surface area contributed by atoms with Gasteiger partial charge in [-0.25, -0.2) is 8.42 Å². The SMILES string of the molecule is COc1ccc(NC(=O)CS(=O)(=O)Cc2cccc(C(=O)[O-])c2)cc1. The highest BCUT2D eigenvalue weighted by Gasteiger charge is 2.18. The van der Waals surface area contributed by atoms with Gasteiger partial charge in [-0.15, -0.1) is 0 Å². The van der Waals surface area contributed by atoms with E-state index in [0.29, 0.717) is 11.4 Å². The fraction of sp³-hybridized carbons (Fsp3) is 0.176. The zero-order valence-electron chi connectivity index (χ0n) is 13.4. The zero-order valence-corrected chi connectivity index (χ0v) is 14.2. The molecular formula is C17H16NO6S-. The minimum atomic E-state index is -3.76. The lowest BCUT2D eigenvalue weighted by Crippen LogP contribution is -2.24. The Morgan fingerprint density at radius 2 is 1.80 bits per heavy atom. The Kier molecular flexibility index (Phi) is 5.76. The largest absolute Gasteiger partial charge is 0.545 e. The molecule has 0 unspecified atom stereocenters. The van der Waals surface area contributed by atoms with Crippen molar-refractivity contribution in [2.75, 3.05) is 18.2 Å². The van der Waals surface area contributed by atoms with Crippen molar-refractivity contribution in [1.29, 1.82) is 0 Å². The maximum absolute atomic E-state index is 12.1. The Morgan fingerprint density at radius 1 is 1.12 bits per heavy atom. The number of amides is 1. The van der Waals surface area contributed by atoms with Crippen molar-refractivity contribution in [2.24, 2.45) is 0 Å². The van der Waals surface area contributed by atoms with E-state index < -0.39 is 33.2 Å². The highest BCUT2D eigenvalue weighted by Crippen LogP contribution is 2.15. The van der Waals surface area contributed by atoms with Gasteiger partial charge in [0, 0.05) is 5.69 Å². The van der Waals surface area contributed by atoms with E-state index in [4.69, 9.17) is 4.74 Å². The monoisotopic (exact) mass is 362 g/mol. The van der Waals surface area contributed by atoms with Crippen LogP contribution in [-0.2, 0) is 20.4 Å². The predicted octanol–water partition coefficient (Wildman–Crippen LogP) is 0.612. The van der Waals surface area contributed by atoms with E-state index in [1.807, 2.05) is 0 Å². The van der Waals surface area contributed by atoms with E-state index in [1.165, 1.54) is 31.4 Å². The first-order valence-electron chi connectivity index (χ1n) is 7.24. The molecule has 0 spiro atoms. The first-order chi connectivity index (χ1) is 11.8. The number of carboxylic acids is 1. The number of methoxy groups -OCH3 is 1. The van der Waals surface area contributed by atoms with Gasteiger partial charge in [-0.2, -0.15) is 0 Å². The summed E-state index contributed by atoms with van der Waals surface area (Å²) in [6.45, 7) is 0. The molecule has 7 nitrogen and oxygen atoms in total. The second-order valence-electron chi connectivity index (χ2n) is 5.30. The summed E-state index contributed by atoms with van der Waals surface area (Å²) in [5.41, 5.74) is 0.606. The molecule has 0 aliphatic carbocycles. The number of carbonyl (C=O) groups excluding carboxylic acids is 2. The molecule has 0 atom stereocenters. The number of aromatic carboxylic acids is 1. The molecule has 8 heteroatoms. The summed E-state index contributed by atoms with van der Waals surface area (Å²) in [5.74, 6) is -2.62. The first-order valence-corrected chi connectivity index (χ1v) is 9.06. The smallest absolute Gasteiger partial charge is 0.239 e. The zero-order chi connectivity index (χ0) is 18.4. The van der Waals surface area contributed by atoms with Crippen molar-refractivity contribution in [2.45, 2.75) is 5.75 Å². The van der Waals surface area contributed by atoms with Crippen molar-refractivity contribution >= 4 is 27.4 Å². The fourth-order valence-electron chi connectivity index (χ4n) is 2.16. The summed E-state index contributed by atoms with van der Waals surface area (Å²) in [6, 6.07) is 11.9. The predicted molar refractivity (Wildman–Crippen MR) is 89.9 cm³/mol. The summed E-state index contributed by atoms with van der Waals surface area (Å²) < 4.78 is 29.3. The number of sulfone groups is 1. The summed E-state index contributed by atoms with van der Waals surface area (Å²) in [7, 11) is -2.25. The molecule has 1 N–H and O–H groups in total. The van der Waals surface area contributed by atoms with E-state index in [9.17, 15) is 23.1 Å². The Morgan fingerprint density at radius 3 is 2.40 bits per heavy atom. The molecule has 0 radical (unpaired) electrons. The van der Waals surface area contributed by atoms with Gasteiger partial charge >= 0.3 is 0 Å². The van der Waals surface area contributed by atoms with Crippen LogP contribution in [0.1, 0.15) is 15.9 Å². The van der Waals surface area contributed by atoms with Gasteiger partial charge in [0.2, 0.25) is 5.91 Å². The Bertz CT molecular complexity index is 874. The molecule has 0 fully saturated rings. The van der Waals surface area contributed by atoms with Gasteiger partial charge in [0.1, 0.15) is 11.5 Å². The Hall–Kier alpha value is -2.87. The highest BCUT2D eigenvalue weighted by molar-refractivity contribution is 7.91. The van der Waals surface area contributed by atoms with Gasteiger partial charge in [-0.1, -0.05) is 18.2 Å². The maximum Gasteiger partial charge on any atom is 0.239 e. The summed E-state index contributed by atoms with van der Waals surface area (Å²) >= 11 is 0. The quantitative estimate of drug-likeness (QED) is 0.772.